The van der Waals surface area contributed by atoms with Crippen molar-refractivity contribution in [3.05, 3.63) is 65.2 Å². The molecule has 4 heterocycles. The van der Waals surface area contributed by atoms with Crippen LogP contribution in [-0.2, 0) is 48.5 Å². The molecule has 2 bridgehead atoms. The topological polar surface area (TPSA) is 137 Å². The highest BCUT2D eigenvalue weighted by Crippen LogP contribution is 2.28. The first-order chi connectivity index (χ1) is 21.1. The predicted octanol–water partition coefficient (Wildman–Crippen LogP) is 0.760. The van der Waals surface area contributed by atoms with Gasteiger partial charge in [0.25, 0.3) is 0 Å². The highest BCUT2D eigenvalue weighted by atomic mass is 32.2. The zero-order chi connectivity index (χ0) is 30.8. The molecule has 44 heavy (non-hydrogen) atoms. The average molecular weight is 624 g/mol. The third kappa shape index (κ3) is 6.98. The molecular formula is C32H41N5O6S. The van der Waals surface area contributed by atoms with Crippen LogP contribution in [0, 0.1) is 0 Å². The molecule has 12 heteroatoms. The van der Waals surface area contributed by atoms with Crippen molar-refractivity contribution < 1.29 is 27.5 Å². The highest BCUT2D eigenvalue weighted by molar-refractivity contribution is 7.90. The third-order valence-electron chi connectivity index (χ3n) is 9.29. The van der Waals surface area contributed by atoms with Crippen molar-refractivity contribution in [2.75, 3.05) is 32.6 Å². The van der Waals surface area contributed by atoms with E-state index < -0.39 is 21.9 Å². The zero-order valence-corrected chi connectivity index (χ0v) is 25.9. The lowest BCUT2D eigenvalue weighted by Crippen LogP contribution is -2.52. The number of benzene rings is 2. The molecule has 3 amide bonds. The third-order valence-corrected chi connectivity index (χ3v) is 10.4. The first-order valence-electron chi connectivity index (χ1n) is 15.4. The van der Waals surface area contributed by atoms with Gasteiger partial charge in [0.1, 0.15) is 6.04 Å². The van der Waals surface area contributed by atoms with Crippen LogP contribution in [0.25, 0.3) is 0 Å². The summed E-state index contributed by atoms with van der Waals surface area (Å²) in [5, 5.41) is 9.91. The second-order valence-electron chi connectivity index (χ2n) is 12.5. The van der Waals surface area contributed by atoms with Gasteiger partial charge in [-0.05, 0) is 54.5 Å². The van der Waals surface area contributed by atoms with Crippen molar-refractivity contribution >= 4 is 27.6 Å². The standard InChI is InChI=1S/C32H41N5O6S/c1-44(41,42)27-8-6-21(7-9-27)18-36-19-25-16-29(36)32(40)37-20-26(34-24-10-12-43-13-11-24)15-28(37)31(39)33-17-23-5-3-2-4-22(23)14-30(38)35-25/h2-9,24-26,28-29,34H,10-20H2,1H3,(H,33,39)(H,35,38)/t25-,26-,28-,29-/m0/s1. The lowest BCUT2D eigenvalue weighted by Gasteiger charge is -2.31. The average Bonchev–Trinajstić information content (AvgIpc) is 3.60. The number of hydrogen-bond donors (Lipinski definition) is 3. The van der Waals surface area contributed by atoms with Gasteiger partial charge in [-0.3, -0.25) is 19.3 Å². The number of ether oxygens (including phenoxy) is 1. The van der Waals surface area contributed by atoms with E-state index in [0.717, 1.165) is 29.5 Å². The van der Waals surface area contributed by atoms with E-state index in [1.54, 1.807) is 29.2 Å². The molecule has 2 aromatic carbocycles. The number of hydrogen-bond acceptors (Lipinski definition) is 8. The van der Waals surface area contributed by atoms with Gasteiger partial charge in [0, 0.05) is 63.8 Å². The summed E-state index contributed by atoms with van der Waals surface area (Å²) in [7, 11) is -3.33. The maximum atomic E-state index is 14.4. The Morgan fingerprint density at radius 3 is 2.36 bits per heavy atom. The summed E-state index contributed by atoms with van der Waals surface area (Å²) in [5.41, 5.74) is 2.60. The Morgan fingerprint density at radius 1 is 0.909 bits per heavy atom. The first kappa shape index (κ1) is 30.7. The van der Waals surface area contributed by atoms with Crippen LogP contribution < -0.4 is 16.0 Å². The summed E-state index contributed by atoms with van der Waals surface area (Å²) in [6.07, 6.45) is 4.10. The van der Waals surface area contributed by atoms with E-state index in [9.17, 15) is 22.8 Å². The lowest BCUT2D eigenvalue weighted by molar-refractivity contribution is -0.142. The highest BCUT2D eigenvalue weighted by Gasteiger charge is 2.46. The Bertz CT molecular complexity index is 1490. The van der Waals surface area contributed by atoms with E-state index in [1.165, 1.54) is 6.26 Å². The van der Waals surface area contributed by atoms with Gasteiger partial charge in [0.15, 0.2) is 9.84 Å². The number of amides is 3. The molecular weight excluding hydrogens is 582 g/mol. The Morgan fingerprint density at radius 2 is 1.64 bits per heavy atom. The van der Waals surface area contributed by atoms with Gasteiger partial charge < -0.3 is 25.6 Å². The van der Waals surface area contributed by atoms with E-state index >= 15 is 0 Å². The minimum atomic E-state index is -3.33. The number of carbonyl (C=O) groups is 3. The molecule has 0 saturated carbocycles. The van der Waals surface area contributed by atoms with Gasteiger partial charge in [0.05, 0.1) is 17.4 Å². The maximum Gasteiger partial charge on any atom is 0.243 e. The molecule has 4 atom stereocenters. The summed E-state index contributed by atoms with van der Waals surface area (Å²) in [6, 6.07) is 13.2. The van der Waals surface area contributed by atoms with E-state index in [4.69, 9.17) is 4.74 Å². The molecule has 0 aromatic heterocycles. The monoisotopic (exact) mass is 623 g/mol. The quantitative estimate of drug-likeness (QED) is 0.444. The van der Waals surface area contributed by atoms with Crippen LogP contribution in [0.5, 0.6) is 0 Å². The van der Waals surface area contributed by atoms with Gasteiger partial charge in [0.2, 0.25) is 17.7 Å². The summed E-state index contributed by atoms with van der Waals surface area (Å²) in [4.78, 5) is 45.3. The number of sulfone groups is 1. The fourth-order valence-corrected chi connectivity index (χ4v) is 7.64. The van der Waals surface area contributed by atoms with E-state index in [0.29, 0.717) is 45.7 Å². The predicted molar refractivity (Wildman–Crippen MR) is 163 cm³/mol. The van der Waals surface area contributed by atoms with Crippen LogP contribution in [0.3, 0.4) is 0 Å². The van der Waals surface area contributed by atoms with Crippen LogP contribution in [0.4, 0.5) is 0 Å². The zero-order valence-electron chi connectivity index (χ0n) is 25.0. The SMILES string of the molecule is CS(=O)(=O)c1ccc(CN2C[C@@H]3C[C@H]2C(=O)N2C[C@@H](NC4CCOCC4)C[C@H]2C(=O)NCc2ccccc2CC(=O)N3)cc1. The Kier molecular flexibility index (Phi) is 9.04. The van der Waals surface area contributed by atoms with Crippen LogP contribution in [-0.4, -0.2) is 98.7 Å². The van der Waals surface area contributed by atoms with Crippen molar-refractivity contribution in [1.29, 1.82) is 0 Å². The second kappa shape index (κ2) is 13.0. The van der Waals surface area contributed by atoms with E-state index in [2.05, 4.69) is 16.0 Å². The Balaban J connectivity index is 1.28. The number of nitrogens with one attached hydrogen (secondary N) is 3. The fraction of sp³-hybridized carbons (Fsp3) is 0.531. The van der Waals surface area contributed by atoms with Gasteiger partial charge in [-0.2, -0.15) is 0 Å². The number of rotatable bonds is 5. The summed E-state index contributed by atoms with van der Waals surface area (Å²) in [6.45, 7) is 2.98. The van der Waals surface area contributed by atoms with Crippen molar-refractivity contribution in [3.8, 4) is 0 Å². The fourth-order valence-electron chi connectivity index (χ4n) is 7.01. The maximum absolute atomic E-state index is 14.4. The molecule has 6 rings (SSSR count). The van der Waals surface area contributed by atoms with E-state index in [1.807, 2.05) is 29.2 Å². The van der Waals surface area contributed by atoms with Crippen molar-refractivity contribution in [2.24, 2.45) is 0 Å². The van der Waals surface area contributed by atoms with Crippen LogP contribution >= 0.6 is 0 Å². The number of likely N-dealkylation sites (tertiary alicyclic amines) is 1. The molecule has 2 aromatic rings. The number of nitrogens with zero attached hydrogens (tertiary/aromatic N) is 2. The van der Waals surface area contributed by atoms with Crippen molar-refractivity contribution in [1.82, 2.24) is 25.8 Å². The smallest absolute Gasteiger partial charge is 0.243 e. The van der Waals surface area contributed by atoms with Crippen molar-refractivity contribution in [2.45, 2.75) is 80.3 Å². The lowest BCUT2D eigenvalue weighted by atomic mass is 10.0. The largest absolute Gasteiger partial charge is 0.381 e. The molecule has 236 valence electrons. The molecule has 0 unspecified atom stereocenters. The molecule has 3 N–H and O–H groups in total. The molecule has 0 spiro atoms. The number of carbonyl (C=O) groups excluding carboxylic acids is 3. The van der Waals surface area contributed by atoms with Crippen LogP contribution in [0.15, 0.2) is 53.4 Å². The molecule has 3 saturated heterocycles. The van der Waals surface area contributed by atoms with Crippen molar-refractivity contribution in [3.63, 3.8) is 0 Å². The molecule has 0 radical (unpaired) electrons. The minimum Gasteiger partial charge on any atom is -0.381 e. The first-order valence-corrected chi connectivity index (χ1v) is 17.3. The Labute approximate surface area is 258 Å². The summed E-state index contributed by atoms with van der Waals surface area (Å²) < 4.78 is 29.5. The summed E-state index contributed by atoms with van der Waals surface area (Å²) >= 11 is 0. The van der Waals surface area contributed by atoms with Crippen LogP contribution in [0.2, 0.25) is 0 Å². The second-order valence-corrected chi connectivity index (χ2v) is 14.5. The van der Waals surface area contributed by atoms with E-state index in [-0.39, 0.29) is 53.7 Å². The minimum absolute atomic E-state index is 0.0188. The number of fused-ring (bicyclic) bond motifs is 4. The summed E-state index contributed by atoms with van der Waals surface area (Å²) in [5.74, 6) is -0.442. The van der Waals surface area contributed by atoms with Crippen LogP contribution in [0.1, 0.15) is 42.4 Å². The van der Waals surface area contributed by atoms with Gasteiger partial charge >= 0.3 is 0 Å². The molecule has 4 aliphatic heterocycles. The molecule has 3 fully saturated rings. The Hall–Kier alpha value is -3.32. The molecule has 11 nitrogen and oxygen atoms in total. The molecule has 4 aliphatic rings. The van der Waals surface area contributed by atoms with Gasteiger partial charge in [-0.1, -0.05) is 36.4 Å². The molecule has 0 aliphatic carbocycles. The van der Waals surface area contributed by atoms with Gasteiger partial charge in [-0.25, -0.2) is 8.42 Å². The van der Waals surface area contributed by atoms with Gasteiger partial charge in [-0.15, -0.1) is 0 Å². The normalized spacial score (nSPS) is 27.3.